The molecule has 0 amide bonds. The van der Waals surface area contributed by atoms with Crippen LogP contribution in [0.4, 0.5) is 15.8 Å². The van der Waals surface area contributed by atoms with Crippen LogP contribution in [0.2, 0.25) is 0 Å². The molecular weight excluding hydrogens is 271 g/mol. The number of nitrogens with one attached hydrogen (secondary N) is 1. The van der Waals surface area contributed by atoms with Crippen LogP contribution in [0.1, 0.15) is 10.4 Å². The minimum Gasteiger partial charge on any atom is -0.506 e. The lowest BCUT2D eigenvalue weighted by molar-refractivity contribution is 0.112. The van der Waals surface area contributed by atoms with Crippen molar-refractivity contribution in [1.82, 2.24) is 0 Å². The molecule has 0 saturated heterocycles. The molecule has 19 heavy (non-hydrogen) atoms. The van der Waals surface area contributed by atoms with Gasteiger partial charge in [0.2, 0.25) is 0 Å². The van der Waals surface area contributed by atoms with Crippen molar-refractivity contribution in [2.75, 3.05) is 11.1 Å². The molecule has 0 radical (unpaired) electrons. The van der Waals surface area contributed by atoms with E-state index in [0.717, 1.165) is 6.07 Å². The van der Waals surface area contributed by atoms with Gasteiger partial charge in [0.25, 0.3) is 0 Å². The second-order valence-corrected chi connectivity index (χ2v) is 4.01. The van der Waals surface area contributed by atoms with Crippen molar-refractivity contribution in [1.29, 1.82) is 0 Å². The molecule has 4 nitrogen and oxygen atoms in total. The molecule has 6 heteroatoms. The third kappa shape index (κ3) is 3.14. The molecule has 1 rings (SSSR count). The maximum atomic E-state index is 13.9. The van der Waals surface area contributed by atoms with Gasteiger partial charge in [-0.25, -0.2) is 4.39 Å². The van der Waals surface area contributed by atoms with Gasteiger partial charge in [-0.2, -0.15) is 0 Å². The zero-order valence-electron chi connectivity index (χ0n) is 9.91. The van der Waals surface area contributed by atoms with E-state index in [0.29, 0.717) is 6.29 Å². The number of phenols is 1. The molecule has 4 N–H and O–H groups in total. The fourth-order valence-corrected chi connectivity index (χ4v) is 1.45. The van der Waals surface area contributed by atoms with Gasteiger partial charge in [-0.05, 0) is 12.1 Å². The van der Waals surface area contributed by atoms with Gasteiger partial charge in [0.05, 0.1) is 16.4 Å². The lowest BCUT2D eigenvalue weighted by Crippen LogP contribution is -2.07. The molecule has 0 aliphatic heterocycles. The molecule has 100 valence electrons. The van der Waals surface area contributed by atoms with Crippen LogP contribution in [0.3, 0.4) is 0 Å². The maximum absolute atomic E-state index is 13.9. The number of hydrogen-bond donors (Lipinski definition) is 3. The van der Waals surface area contributed by atoms with Gasteiger partial charge in [0.1, 0.15) is 11.4 Å². The third-order valence-corrected chi connectivity index (χ3v) is 2.48. The zero-order chi connectivity index (χ0) is 14.6. The summed E-state index contributed by atoms with van der Waals surface area (Å²) in [6.07, 6.45) is 3.25. The lowest BCUT2D eigenvalue weighted by Gasteiger charge is -2.14. The van der Waals surface area contributed by atoms with E-state index in [2.05, 4.69) is 18.5 Å². The van der Waals surface area contributed by atoms with E-state index in [1.807, 2.05) is 0 Å². The predicted octanol–water partition coefficient (Wildman–Crippen LogP) is 3.16. The van der Waals surface area contributed by atoms with E-state index in [-0.39, 0.29) is 22.0 Å². The van der Waals surface area contributed by atoms with Crippen molar-refractivity contribution >= 4 is 29.3 Å². The quantitative estimate of drug-likeness (QED) is 0.255. The summed E-state index contributed by atoms with van der Waals surface area (Å²) in [4.78, 5) is 10.9. The molecular formula is C13H12ClFN2O2. The fraction of sp³-hybridized carbons (Fsp3) is 0. The Morgan fingerprint density at radius 3 is 2.68 bits per heavy atom. The predicted molar refractivity (Wildman–Crippen MR) is 74.8 cm³/mol. The van der Waals surface area contributed by atoms with Crippen LogP contribution in [0.15, 0.2) is 42.1 Å². The Kier molecular flexibility index (Phi) is 4.72. The number of hydrogen-bond acceptors (Lipinski definition) is 4. The Morgan fingerprint density at radius 1 is 1.58 bits per heavy atom. The maximum Gasteiger partial charge on any atom is 0.174 e. The molecule has 0 bridgehead atoms. The van der Waals surface area contributed by atoms with E-state index in [4.69, 9.17) is 17.3 Å². The molecule has 0 heterocycles. The molecule has 0 atom stereocenters. The molecule has 1 aromatic carbocycles. The van der Waals surface area contributed by atoms with Crippen LogP contribution in [0.5, 0.6) is 5.75 Å². The minimum absolute atomic E-state index is 0.0998. The Bertz CT molecular complexity index is 582. The van der Waals surface area contributed by atoms with E-state index >= 15 is 0 Å². The average molecular weight is 283 g/mol. The van der Waals surface area contributed by atoms with Gasteiger partial charge in [-0.15, -0.1) is 0 Å². The van der Waals surface area contributed by atoms with Gasteiger partial charge in [0.15, 0.2) is 12.1 Å². The number of allylic oxidation sites excluding steroid dienone is 3. The van der Waals surface area contributed by atoms with Crippen LogP contribution in [0, 0.1) is 5.82 Å². The lowest BCUT2D eigenvalue weighted by atomic mass is 10.1. The molecule has 0 saturated carbocycles. The summed E-state index contributed by atoms with van der Waals surface area (Å²) >= 11 is 5.73. The molecule has 0 aliphatic carbocycles. The number of phenolic OH excluding ortho intramolecular Hbond substituents is 1. The molecule has 0 unspecified atom stereocenters. The van der Waals surface area contributed by atoms with Crippen molar-refractivity contribution in [2.45, 2.75) is 0 Å². The summed E-state index contributed by atoms with van der Waals surface area (Å²) in [5.41, 5.74) is 4.85. The monoisotopic (exact) mass is 282 g/mol. The topological polar surface area (TPSA) is 75.3 Å². The minimum atomic E-state index is -0.949. The van der Waals surface area contributed by atoms with Crippen molar-refractivity contribution in [2.24, 2.45) is 0 Å². The van der Waals surface area contributed by atoms with Crippen LogP contribution in [0.25, 0.3) is 0 Å². The Labute approximate surface area is 114 Å². The largest absolute Gasteiger partial charge is 0.506 e. The second kappa shape index (κ2) is 6.06. The molecule has 0 spiro atoms. The first-order valence-corrected chi connectivity index (χ1v) is 5.50. The average Bonchev–Trinajstić information content (AvgIpc) is 2.37. The number of carbonyl (C=O) groups is 1. The van der Waals surface area contributed by atoms with Crippen molar-refractivity contribution in [3.63, 3.8) is 0 Å². The zero-order valence-corrected chi connectivity index (χ0v) is 10.7. The fourth-order valence-electron chi connectivity index (χ4n) is 1.34. The normalized spacial score (nSPS) is 10.9. The highest BCUT2D eigenvalue weighted by Crippen LogP contribution is 2.33. The molecule has 0 aromatic heterocycles. The number of aromatic hydroxyl groups is 1. The number of nitrogen functional groups attached to an aromatic ring is 1. The van der Waals surface area contributed by atoms with E-state index < -0.39 is 17.3 Å². The summed E-state index contributed by atoms with van der Waals surface area (Å²) in [7, 11) is 0. The Balaban J connectivity index is 3.38. The second-order valence-electron chi connectivity index (χ2n) is 3.55. The standard InChI is InChI=1S/C13H12ClFN2O2/c1-3-4-9(7(2)14)17-13-8(6-18)5-10(19)12(16)11(13)15/h3-6,17,19H,1-2,16H2/b9-4+. The highest BCUT2D eigenvalue weighted by atomic mass is 35.5. The molecule has 0 fully saturated rings. The number of nitrogens with two attached hydrogens (primary N) is 1. The van der Waals surface area contributed by atoms with Gasteiger partial charge < -0.3 is 16.2 Å². The van der Waals surface area contributed by atoms with Gasteiger partial charge in [-0.3, -0.25) is 4.79 Å². The first-order chi connectivity index (χ1) is 8.92. The first kappa shape index (κ1) is 14.8. The summed E-state index contributed by atoms with van der Waals surface area (Å²) in [6, 6.07) is 1.05. The van der Waals surface area contributed by atoms with Crippen LogP contribution >= 0.6 is 11.6 Å². The summed E-state index contributed by atoms with van der Waals surface area (Å²) in [6.45, 7) is 6.97. The molecule has 1 aromatic rings. The summed E-state index contributed by atoms with van der Waals surface area (Å²) < 4.78 is 13.9. The van der Waals surface area contributed by atoms with Gasteiger partial charge in [-0.1, -0.05) is 30.8 Å². The third-order valence-electron chi connectivity index (χ3n) is 2.28. The number of anilines is 2. The number of halogens is 2. The SMILES string of the molecule is C=C/C=C(/Nc1c(C=O)cc(O)c(N)c1F)C(=C)Cl. The smallest absolute Gasteiger partial charge is 0.174 e. The van der Waals surface area contributed by atoms with Crippen LogP contribution in [-0.4, -0.2) is 11.4 Å². The van der Waals surface area contributed by atoms with E-state index in [1.54, 1.807) is 0 Å². The highest BCUT2D eigenvalue weighted by molar-refractivity contribution is 6.31. The number of carbonyl (C=O) groups excluding carboxylic acids is 1. The van der Waals surface area contributed by atoms with E-state index in [9.17, 15) is 14.3 Å². The van der Waals surface area contributed by atoms with E-state index in [1.165, 1.54) is 12.2 Å². The van der Waals surface area contributed by atoms with Crippen molar-refractivity contribution < 1.29 is 14.3 Å². The number of aldehydes is 1. The van der Waals surface area contributed by atoms with Crippen molar-refractivity contribution in [3.8, 4) is 5.75 Å². The summed E-state index contributed by atoms with van der Waals surface area (Å²) in [5.74, 6) is -1.46. The number of benzene rings is 1. The van der Waals surface area contributed by atoms with Gasteiger partial charge >= 0.3 is 0 Å². The number of rotatable bonds is 5. The van der Waals surface area contributed by atoms with Crippen molar-refractivity contribution in [3.05, 3.63) is 53.5 Å². The Hall–Kier alpha value is -2.27. The Morgan fingerprint density at radius 2 is 2.21 bits per heavy atom. The van der Waals surface area contributed by atoms with Crippen LogP contribution < -0.4 is 11.1 Å². The molecule has 0 aliphatic rings. The summed E-state index contributed by atoms with van der Waals surface area (Å²) in [5, 5.41) is 12.1. The first-order valence-electron chi connectivity index (χ1n) is 5.13. The van der Waals surface area contributed by atoms with Gasteiger partial charge in [0, 0.05) is 5.56 Å². The van der Waals surface area contributed by atoms with Crippen LogP contribution in [-0.2, 0) is 0 Å². The highest BCUT2D eigenvalue weighted by Gasteiger charge is 2.17.